The molecule has 0 saturated heterocycles. The molecule has 0 bridgehead atoms. The van der Waals surface area contributed by atoms with E-state index in [0.717, 1.165) is 19.2 Å². The van der Waals surface area contributed by atoms with E-state index in [2.05, 4.69) is 5.10 Å². The van der Waals surface area contributed by atoms with Crippen molar-refractivity contribution in [3.8, 4) is 0 Å². The van der Waals surface area contributed by atoms with Crippen LogP contribution in [0.1, 0.15) is 17.4 Å². The highest BCUT2D eigenvalue weighted by molar-refractivity contribution is 5.74. The van der Waals surface area contributed by atoms with E-state index in [1.165, 1.54) is 0 Å². The quantitative estimate of drug-likeness (QED) is 0.604. The van der Waals surface area contributed by atoms with E-state index >= 15 is 0 Å². The van der Waals surface area contributed by atoms with Crippen molar-refractivity contribution in [2.75, 3.05) is 0 Å². The van der Waals surface area contributed by atoms with Crippen LogP contribution in [-0.4, -0.2) is 15.7 Å². The number of carbonyl (C=O) groups is 1. The van der Waals surface area contributed by atoms with Crippen molar-refractivity contribution in [2.45, 2.75) is 13.1 Å². The van der Waals surface area contributed by atoms with Gasteiger partial charge in [0.05, 0.1) is 0 Å². The Morgan fingerprint density at radius 2 is 2.17 bits per heavy atom. The molecule has 0 spiro atoms. The average Bonchev–Trinajstić information content (AvgIpc) is 2.30. The van der Waals surface area contributed by atoms with Crippen LogP contribution in [0, 0.1) is 0 Å². The topological polar surface area (TPSA) is 34.9 Å². The Balaban J connectivity index is 3.00. The Hall–Kier alpha value is -1.33. The number of alkyl halides is 3. The summed E-state index contributed by atoms with van der Waals surface area (Å²) in [5.74, 6) is -0.550. The molecule has 3 nitrogen and oxygen atoms in total. The van der Waals surface area contributed by atoms with Gasteiger partial charge in [0.1, 0.15) is 0 Å². The first-order chi connectivity index (χ1) is 5.41. The lowest BCUT2D eigenvalue weighted by molar-refractivity contribution is -0.141. The van der Waals surface area contributed by atoms with Crippen LogP contribution in [0.25, 0.3) is 0 Å². The number of hydrogen-bond acceptors (Lipinski definition) is 2. The molecule has 0 aliphatic heterocycles. The molecule has 6 heteroatoms. The second-order valence-electron chi connectivity index (χ2n) is 2.16. The molecule has 0 atom stereocenters. The lowest BCUT2D eigenvalue weighted by Crippen LogP contribution is -2.10. The number of halogens is 3. The third kappa shape index (κ3) is 1.63. The summed E-state index contributed by atoms with van der Waals surface area (Å²) in [5, 5.41) is 3.02. The van der Waals surface area contributed by atoms with Crippen LogP contribution in [0.15, 0.2) is 12.3 Å². The summed E-state index contributed by atoms with van der Waals surface area (Å²) in [6.07, 6.45) is -3.51. The maximum absolute atomic E-state index is 11.9. The molecule has 0 amide bonds. The van der Waals surface area contributed by atoms with Gasteiger partial charge in [-0.3, -0.25) is 4.79 Å². The highest BCUT2D eigenvalue weighted by Gasteiger charge is 2.33. The third-order valence-corrected chi connectivity index (χ3v) is 1.20. The van der Waals surface area contributed by atoms with Gasteiger partial charge in [-0.1, -0.05) is 0 Å². The minimum Gasteiger partial charge on any atom is -0.273 e. The zero-order valence-corrected chi connectivity index (χ0v) is 6.09. The summed E-state index contributed by atoms with van der Waals surface area (Å²) >= 11 is 0. The van der Waals surface area contributed by atoms with Crippen LogP contribution in [0.4, 0.5) is 13.2 Å². The Kier molecular flexibility index (Phi) is 1.91. The van der Waals surface area contributed by atoms with Gasteiger partial charge in [-0.15, -0.1) is 0 Å². The Bertz CT molecular complexity index is 302. The van der Waals surface area contributed by atoms with E-state index in [4.69, 9.17) is 0 Å². The fraction of sp³-hybridized carbons (Fsp3) is 0.333. The molecule has 0 saturated carbocycles. The molecular formula is C6H5F3N2O. The first kappa shape index (κ1) is 8.76. The fourth-order valence-electron chi connectivity index (χ4n) is 0.651. The van der Waals surface area contributed by atoms with Crippen molar-refractivity contribution in [1.82, 2.24) is 9.78 Å². The summed E-state index contributed by atoms with van der Waals surface area (Å²) < 4.78 is 36.3. The Morgan fingerprint density at radius 3 is 2.42 bits per heavy atom. The molecule has 0 N–H and O–H groups in total. The second kappa shape index (κ2) is 2.62. The molecular weight excluding hydrogens is 173 g/mol. The lowest BCUT2D eigenvalue weighted by atomic mass is 10.4. The van der Waals surface area contributed by atoms with Gasteiger partial charge in [0.25, 0.3) is 0 Å². The molecule has 0 radical (unpaired) electrons. The first-order valence-corrected chi connectivity index (χ1v) is 3.05. The molecule has 66 valence electrons. The molecule has 1 heterocycles. The summed E-state index contributed by atoms with van der Waals surface area (Å²) in [4.78, 5) is 10.5. The molecule has 1 aromatic rings. The number of carbonyl (C=O) groups excluding carboxylic acids is 1. The molecule has 0 fully saturated rings. The SMILES string of the molecule is CC(=O)n1ccc(C(F)(F)F)n1. The highest BCUT2D eigenvalue weighted by Crippen LogP contribution is 2.26. The van der Waals surface area contributed by atoms with Crippen LogP contribution in [0.2, 0.25) is 0 Å². The monoisotopic (exact) mass is 178 g/mol. The van der Waals surface area contributed by atoms with Crippen molar-refractivity contribution in [2.24, 2.45) is 0 Å². The van der Waals surface area contributed by atoms with Crippen molar-refractivity contribution >= 4 is 5.91 Å². The van der Waals surface area contributed by atoms with Crippen LogP contribution in [-0.2, 0) is 6.18 Å². The summed E-state index contributed by atoms with van der Waals surface area (Å²) in [6.45, 7) is 1.13. The van der Waals surface area contributed by atoms with Crippen molar-refractivity contribution in [1.29, 1.82) is 0 Å². The average molecular weight is 178 g/mol. The van der Waals surface area contributed by atoms with Crippen molar-refractivity contribution in [3.05, 3.63) is 18.0 Å². The molecule has 0 unspecified atom stereocenters. The van der Waals surface area contributed by atoms with E-state index < -0.39 is 17.8 Å². The highest BCUT2D eigenvalue weighted by atomic mass is 19.4. The first-order valence-electron chi connectivity index (χ1n) is 3.05. The maximum Gasteiger partial charge on any atom is 0.435 e. The Morgan fingerprint density at radius 1 is 1.58 bits per heavy atom. The van der Waals surface area contributed by atoms with Gasteiger partial charge in [-0.05, 0) is 6.07 Å². The van der Waals surface area contributed by atoms with Gasteiger partial charge in [0, 0.05) is 13.1 Å². The predicted octanol–water partition coefficient (Wildman–Crippen LogP) is 1.56. The molecule has 1 rings (SSSR count). The van der Waals surface area contributed by atoms with Gasteiger partial charge < -0.3 is 0 Å². The summed E-state index contributed by atoms with van der Waals surface area (Å²) in [7, 11) is 0. The van der Waals surface area contributed by atoms with Gasteiger partial charge in [-0.2, -0.15) is 18.3 Å². The number of hydrogen-bond donors (Lipinski definition) is 0. The van der Waals surface area contributed by atoms with Crippen LogP contribution in [0.3, 0.4) is 0 Å². The lowest BCUT2D eigenvalue weighted by Gasteiger charge is -1.99. The van der Waals surface area contributed by atoms with Gasteiger partial charge in [-0.25, -0.2) is 4.68 Å². The van der Waals surface area contributed by atoms with E-state index in [1.807, 2.05) is 0 Å². The van der Waals surface area contributed by atoms with Gasteiger partial charge in [0.15, 0.2) is 5.69 Å². The van der Waals surface area contributed by atoms with E-state index in [1.54, 1.807) is 0 Å². The second-order valence-corrected chi connectivity index (χ2v) is 2.16. The zero-order chi connectivity index (χ0) is 9.35. The number of rotatable bonds is 0. The third-order valence-electron chi connectivity index (χ3n) is 1.20. The largest absolute Gasteiger partial charge is 0.435 e. The minimum atomic E-state index is -4.49. The molecule has 12 heavy (non-hydrogen) atoms. The van der Waals surface area contributed by atoms with E-state index in [9.17, 15) is 18.0 Å². The molecule has 0 aliphatic carbocycles. The maximum atomic E-state index is 11.9. The fourth-order valence-corrected chi connectivity index (χ4v) is 0.651. The minimum absolute atomic E-state index is 0.550. The van der Waals surface area contributed by atoms with E-state index in [-0.39, 0.29) is 0 Å². The smallest absolute Gasteiger partial charge is 0.273 e. The van der Waals surface area contributed by atoms with Crippen LogP contribution < -0.4 is 0 Å². The zero-order valence-electron chi connectivity index (χ0n) is 6.09. The molecule has 0 aliphatic rings. The van der Waals surface area contributed by atoms with Crippen LogP contribution in [0.5, 0.6) is 0 Å². The molecule has 0 aromatic carbocycles. The van der Waals surface area contributed by atoms with Crippen LogP contribution >= 0.6 is 0 Å². The molecule has 1 aromatic heterocycles. The van der Waals surface area contributed by atoms with Crippen molar-refractivity contribution < 1.29 is 18.0 Å². The summed E-state index contributed by atoms with van der Waals surface area (Å²) in [5.41, 5.74) is -1.06. The summed E-state index contributed by atoms with van der Waals surface area (Å²) in [6, 6.07) is 0.751. The standard InChI is InChI=1S/C6H5F3N2O/c1-4(12)11-3-2-5(10-11)6(7,8)9/h2-3H,1H3. The Labute approximate surface area is 65.8 Å². The van der Waals surface area contributed by atoms with Gasteiger partial charge in [0.2, 0.25) is 5.91 Å². The predicted molar refractivity (Wildman–Crippen MR) is 33.5 cm³/mol. The number of nitrogens with zero attached hydrogens (tertiary/aromatic N) is 2. The van der Waals surface area contributed by atoms with Gasteiger partial charge >= 0.3 is 6.18 Å². The number of aromatic nitrogens is 2. The normalized spacial score (nSPS) is 11.7. The van der Waals surface area contributed by atoms with Crippen molar-refractivity contribution in [3.63, 3.8) is 0 Å². The van der Waals surface area contributed by atoms with E-state index in [0.29, 0.717) is 4.68 Å².